The highest BCUT2D eigenvalue weighted by Crippen LogP contribution is 2.30. The topological polar surface area (TPSA) is 84.2 Å². The summed E-state index contributed by atoms with van der Waals surface area (Å²) in [6.45, 7) is 1.38. The zero-order valence-electron chi connectivity index (χ0n) is 16.9. The summed E-state index contributed by atoms with van der Waals surface area (Å²) in [5.74, 6) is -1.44. The van der Waals surface area contributed by atoms with Gasteiger partial charge in [0.15, 0.2) is 0 Å². The summed E-state index contributed by atoms with van der Waals surface area (Å²) < 4.78 is 53.2. The van der Waals surface area contributed by atoms with Gasteiger partial charge in [0.05, 0.1) is 29.6 Å². The van der Waals surface area contributed by atoms with E-state index in [0.29, 0.717) is 6.42 Å². The predicted octanol–water partition coefficient (Wildman–Crippen LogP) is 3.56. The number of nitrogens with zero attached hydrogens (tertiary/aromatic N) is 2. The number of alkyl halides is 3. The summed E-state index contributed by atoms with van der Waals surface area (Å²) in [6.07, 6.45) is -4.13. The van der Waals surface area contributed by atoms with Crippen molar-refractivity contribution in [2.45, 2.75) is 25.6 Å². The number of carbonyl (C=O) groups excluding carboxylic acids is 1. The quantitative estimate of drug-likeness (QED) is 0.564. The number of halogens is 4. The Kier molecular flexibility index (Phi) is 6.73. The number of rotatable bonds is 6. The molecule has 0 unspecified atom stereocenters. The fourth-order valence-corrected chi connectivity index (χ4v) is 2.95. The highest BCUT2D eigenvalue weighted by atomic mass is 19.4. The predicted molar refractivity (Wildman–Crippen MR) is 109 cm³/mol. The second kappa shape index (κ2) is 9.31. The Balaban J connectivity index is 2.16. The first-order chi connectivity index (χ1) is 15.1. The smallest absolute Gasteiger partial charge is 0.394 e. The van der Waals surface area contributed by atoms with Crippen molar-refractivity contribution in [2.24, 2.45) is 0 Å². The van der Waals surface area contributed by atoms with E-state index in [4.69, 9.17) is 0 Å². The normalized spacial score (nSPS) is 12.4. The maximum Gasteiger partial charge on any atom is 0.416 e. The van der Waals surface area contributed by atoms with E-state index in [1.54, 1.807) is 6.92 Å². The summed E-state index contributed by atoms with van der Waals surface area (Å²) in [4.78, 5) is 25.7. The molecule has 2 aromatic carbocycles. The summed E-state index contributed by atoms with van der Waals surface area (Å²) in [7, 11) is 0. The molecule has 0 spiro atoms. The van der Waals surface area contributed by atoms with Crippen LogP contribution in [0.3, 0.4) is 0 Å². The Hall–Kier alpha value is -3.53. The zero-order chi connectivity index (χ0) is 23.5. The van der Waals surface area contributed by atoms with E-state index in [9.17, 15) is 32.3 Å². The van der Waals surface area contributed by atoms with Crippen molar-refractivity contribution in [1.82, 2.24) is 15.1 Å². The zero-order valence-corrected chi connectivity index (χ0v) is 16.9. The molecule has 0 aliphatic heterocycles. The molecule has 0 aliphatic carbocycles. The van der Waals surface area contributed by atoms with Crippen molar-refractivity contribution in [3.63, 3.8) is 0 Å². The molecule has 32 heavy (non-hydrogen) atoms. The van der Waals surface area contributed by atoms with Crippen LogP contribution < -0.4 is 10.9 Å². The lowest BCUT2D eigenvalue weighted by atomic mass is 10.1. The van der Waals surface area contributed by atoms with Crippen LogP contribution in [-0.4, -0.2) is 33.4 Å². The molecule has 1 atom stereocenters. The molecule has 0 saturated heterocycles. The first-order valence-corrected chi connectivity index (χ1v) is 9.63. The van der Waals surface area contributed by atoms with Gasteiger partial charge in [0.2, 0.25) is 0 Å². The molecule has 0 aliphatic rings. The Morgan fingerprint density at radius 1 is 1.16 bits per heavy atom. The lowest BCUT2D eigenvalue weighted by Crippen LogP contribution is -2.40. The van der Waals surface area contributed by atoms with Gasteiger partial charge < -0.3 is 10.4 Å². The van der Waals surface area contributed by atoms with Gasteiger partial charge in [-0.3, -0.25) is 9.59 Å². The molecule has 2 N–H and O–H groups in total. The van der Waals surface area contributed by atoms with Crippen molar-refractivity contribution < 1.29 is 27.5 Å². The second-order valence-corrected chi connectivity index (χ2v) is 6.98. The molecule has 1 amide bonds. The fraction of sp³-hybridized carbons (Fsp3) is 0.227. The average Bonchev–Trinajstić information content (AvgIpc) is 2.77. The van der Waals surface area contributed by atoms with E-state index < -0.39 is 35.1 Å². The van der Waals surface area contributed by atoms with Crippen LogP contribution in [0.2, 0.25) is 0 Å². The highest BCUT2D eigenvalue weighted by Gasteiger charge is 2.30. The second-order valence-electron chi connectivity index (χ2n) is 6.98. The lowest BCUT2D eigenvalue weighted by molar-refractivity contribution is -0.137. The third kappa shape index (κ3) is 5.02. The number of hydrogen-bond donors (Lipinski definition) is 2. The molecule has 1 heterocycles. The summed E-state index contributed by atoms with van der Waals surface area (Å²) in [5, 5.41) is 16.0. The van der Waals surface area contributed by atoms with Crippen LogP contribution in [0.4, 0.5) is 17.6 Å². The van der Waals surface area contributed by atoms with Gasteiger partial charge in [0.1, 0.15) is 11.4 Å². The van der Waals surface area contributed by atoms with Gasteiger partial charge in [-0.15, -0.1) is 0 Å². The molecule has 1 aromatic heterocycles. The van der Waals surface area contributed by atoms with Gasteiger partial charge in [-0.05, 0) is 42.8 Å². The van der Waals surface area contributed by atoms with E-state index in [-0.39, 0.29) is 29.1 Å². The molecule has 3 rings (SSSR count). The third-order valence-corrected chi connectivity index (χ3v) is 4.77. The van der Waals surface area contributed by atoms with Gasteiger partial charge in [-0.25, -0.2) is 4.39 Å². The Morgan fingerprint density at radius 2 is 1.84 bits per heavy atom. The van der Waals surface area contributed by atoms with E-state index in [0.717, 1.165) is 47.1 Å². The van der Waals surface area contributed by atoms with Crippen LogP contribution in [-0.2, 0) is 6.18 Å². The van der Waals surface area contributed by atoms with Gasteiger partial charge >= 0.3 is 6.18 Å². The first-order valence-electron chi connectivity index (χ1n) is 9.63. The maximum atomic E-state index is 13.7. The van der Waals surface area contributed by atoms with Gasteiger partial charge in [-0.1, -0.05) is 25.1 Å². The standard InChI is InChI=1S/C22H19F4N3O3/c1-2-16(12-30)27-20(31)18-11-19(13-6-8-14(9-7-13)22(24,25)26)28-29(21(18)32)17-5-3-4-15(23)10-17/h3-11,16,30H,2,12H2,1H3,(H,27,31)/t16-/m1/s1. The van der Waals surface area contributed by atoms with E-state index in [1.807, 2.05) is 0 Å². The summed E-state index contributed by atoms with van der Waals surface area (Å²) in [5.41, 5.74) is -1.79. The van der Waals surface area contributed by atoms with E-state index in [2.05, 4.69) is 10.4 Å². The van der Waals surface area contributed by atoms with Gasteiger partial charge in [0, 0.05) is 5.56 Å². The number of benzene rings is 2. The number of amides is 1. The van der Waals surface area contributed by atoms with Crippen molar-refractivity contribution in [3.05, 3.63) is 81.9 Å². The van der Waals surface area contributed by atoms with Crippen LogP contribution in [0.5, 0.6) is 0 Å². The molecule has 0 radical (unpaired) electrons. The fourth-order valence-electron chi connectivity index (χ4n) is 2.95. The number of hydrogen-bond acceptors (Lipinski definition) is 4. The number of aromatic nitrogens is 2. The summed E-state index contributed by atoms with van der Waals surface area (Å²) in [6, 6.07) is 9.53. The molecule has 6 nitrogen and oxygen atoms in total. The minimum absolute atomic E-state index is 0.0322. The Labute approximate surface area is 180 Å². The maximum absolute atomic E-state index is 13.7. The van der Waals surface area contributed by atoms with Gasteiger partial charge in [0.25, 0.3) is 11.5 Å². The van der Waals surface area contributed by atoms with Crippen molar-refractivity contribution in [1.29, 1.82) is 0 Å². The largest absolute Gasteiger partial charge is 0.416 e. The average molecular weight is 449 g/mol. The van der Waals surface area contributed by atoms with Crippen molar-refractivity contribution >= 4 is 5.91 Å². The number of carbonyl (C=O) groups is 1. The SMILES string of the molecule is CC[C@H](CO)NC(=O)c1cc(-c2ccc(C(F)(F)F)cc2)nn(-c2cccc(F)c2)c1=O. The van der Waals surface area contributed by atoms with Crippen LogP contribution in [0, 0.1) is 5.82 Å². The van der Waals surface area contributed by atoms with Crippen molar-refractivity contribution in [3.8, 4) is 16.9 Å². The molecule has 3 aromatic rings. The van der Waals surface area contributed by atoms with Crippen molar-refractivity contribution in [2.75, 3.05) is 6.61 Å². The number of aliphatic hydroxyl groups excluding tert-OH is 1. The first kappa shape index (κ1) is 23.1. The summed E-state index contributed by atoms with van der Waals surface area (Å²) >= 11 is 0. The monoisotopic (exact) mass is 449 g/mol. The Morgan fingerprint density at radius 3 is 2.41 bits per heavy atom. The molecule has 0 fully saturated rings. The van der Waals surface area contributed by atoms with Crippen LogP contribution in [0.1, 0.15) is 29.3 Å². The Bertz CT molecular complexity index is 1170. The van der Waals surface area contributed by atoms with E-state index in [1.165, 1.54) is 12.1 Å². The van der Waals surface area contributed by atoms with Crippen LogP contribution in [0.15, 0.2) is 59.4 Å². The molecule has 0 bridgehead atoms. The van der Waals surface area contributed by atoms with Gasteiger partial charge in [-0.2, -0.15) is 23.0 Å². The van der Waals surface area contributed by atoms with Crippen LogP contribution >= 0.6 is 0 Å². The molecule has 0 saturated carbocycles. The highest BCUT2D eigenvalue weighted by molar-refractivity contribution is 5.95. The number of nitrogens with one attached hydrogen (secondary N) is 1. The minimum atomic E-state index is -4.53. The third-order valence-electron chi connectivity index (χ3n) is 4.77. The number of aliphatic hydroxyl groups is 1. The lowest BCUT2D eigenvalue weighted by Gasteiger charge is -2.15. The van der Waals surface area contributed by atoms with Crippen LogP contribution in [0.25, 0.3) is 16.9 Å². The minimum Gasteiger partial charge on any atom is -0.394 e. The molecule has 10 heteroatoms. The molecular weight excluding hydrogens is 430 g/mol. The molecule has 168 valence electrons. The molecular formula is C22H19F4N3O3. The van der Waals surface area contributed by atoms with E-state index >= 15 is 0 Å².